The molecule has 5 heteroatoms. The minimum atomic E-state index is -0.437. The van der Waals surface area contributed by atoms with Crippen molar-refractivity contribution in [1.82, 2.24) is 9.78 Å². The highest BCUT2D eigenvalue weighted by molar-refractivity contribution is 6.10. The second-order valence-corrected chi connectivity index (χ2v) is 7.68. The molecule has 0 atom stereocenters. The molecule has 0 radical (unpaired) electrons. The summed E-state index contributed by atoms with van der Waals surface area (Å²) in [4.78, 5) is 26.9. The van der Waals surface area contributed by atoms with Crippen molar-refractivity contribution in [2.75, 3.05) is 5.32 Å². The monoisotopic (exact) mass is 423 g/mol. The first-order valence-corrected chi connectivity index (χ1v) is 10.6. The first-order valence-electron chi connectivity index (χ1n) is 10.6. The lowest BCUT2D eigenvalue weighted by Gasteiger charge is -2.17. The SMILES string of the molecule is CCc1cccc(C)c1NC(=O)c1c(-c2ccccc2)c(-c2ccccc2)nn(C)c1=O. The van der Waals surface area contributed by atoms with Gasteiger partial charge in [0.2, 0.25) is 0 Å². The number of nitrogens with zero attached hydrogens (tertiary/aromatic N) is 2. The number of anilines is 1. The molecule has 1 heterocycles. The van der Waals surface area contributed by atoms with Crippen molar-refractivity contribution in [1.29, 1.82) is 0 Å². The number of hydrogen-bond acceptors (Lipinski definition) is 3. The average molecular weight is 424 g/mol. The normalized spacial score (nSPS) is 10.7. The number of carbonyl (C=O) groups excluding carboxylic acids is 1. The lowest BCUT2D eigenvalue weighted by Crippen LogP contribution is -2.31. The molecule has 32 heavy (non-hydrogen) atoms. The Balaban J connectivity index is 1.97. The zero-order valence-electron chi connectivity index (χ0n) is 18.4. The van der Waals surface area contributed by atoms with Crippen LogP contribution in [-0.2, 0) is 13.5 Å². The maximum absolute atomic E-state index is 13.6. The van der Waals surface area contributed by atoms with Crippen LogP contribution < -0.4 is 10.9 Å². The highest BCUT2D eigenvalue weighted by Crippen LogP contribution is 2.32. The zero-order valence-corrected chi connectivity index (χ0v) is 18.4. The second kappa shape index (κ2) is 9.02. The maximum Gasteiger partial charge on any atom is 0.280 e. The summed E-state index contributed by atoms with van der Waals surface area (Å²) < 4.78 is 1.24. The second-order valence-electron chi connectivity index (χ2n) is 7.68. The van der Waals surface area contributed by atoms with Crippen molar-refractivity contribution in [3.8, 4) is 22.4 Å². The Morgan fingerprint density at radius 3 is 2.16 bits per heavy atom. The molecule has 0 aliphatic carbocycles. The molecule has 0 saturated heterocycles. The number of nitrogens with one attached hydrogen (secondary N) is 1. The van der Waals surface area contributed by atoms with E-state index < -0.39 is 11.5 Å². The highest BCUT2D eigenvalue weighted by atomic mass is 16.2. The smallest absolute Gasteiger partial charge is 0.280 e. The molecular weight excluding hydrogens is 398 g/mol. The first kappa shape index (κ1) is 21.2. The Kier molecular flexibility index (Phi) is 5.99. The standard InChI is InChI=1S/C27H25N3O2/c1-4-19-17-11-12-18(2)24(19)28-26(31)23-22(20-13-7-5-8-14-20)25(29-30(3)27(23)32)21-15-9-6-10-16-21/h5-17H,4H2,1-3H3,(H,28,31). The Labute approximate surface area is 187 Å². The minimum Gasteiger partial charge on any atom is -0.321 e. The molecule has 0 fully saturated rings. The number of amides is 1. The fraction of sp³-hybridized carbons (Fsp3) is 0.148. The molecule has 160 valence electrons. The van der Waals surface area contributed by atoms with Crippen molar-refractivity contribution < 1.29 is 4.79 Å². The van der Waals surface area contributed by atoms with Crippen LogP contribution in [-0.4, -0.2) is 15.7 Å². The molecule has 1 amide bonds. The molecular formula is C27H25N3O2. The van der Waals surface area contributed by atoms with Gasteiger partial charge in [0.25, 0.3) is 11.5 Å². The van der Waals surface area contributed by atoms with Gasteiger partial charge in [0.05, 0.1) is 5.69 Å². The maximum atomic E-state index is 13.6. The molecule has 4 rings (SSSR count). The molecule has 0 aliphatic heterocycles. The molecule has 1 N–H and O–H groups in total. The van der Waals surface area contributed by atoms with Gasteiger partial charge in [-0.3, -0.25) is 9.59 Å². The van der Waals surface area contributed by atoms with Crippen LogP contribution >= 0.6 is 0 Å². The Bertz CT molecular complexity index is 1330. The van der Waals surface area contributed by atoms with E-state index in [-0.39, 0.29) is 5.56 Å². The fourth-order valence-electron chi connectivity index (χ4n) is 3.91. The van der Waals surface area contributed by atoms with E-state index in [1.54, 1.807) is 7.05 Å². The van der Waals surface area contributed by atoms with Gasteiger partial charge in [-0.05, 0) is 30.0 Å². The van der Waals surface area contributed by atoms with E-state index in [2.05, 4.69) is 10.4 Å². The van der Waals surface area contributed by atoms with E-state index >= 15 is 0 Å². The third-order valence-corrected chi connectivity index (χ3v) is 5.56. The number of para-hydroxylation sites is 1. The van der Waals surface area contributed by atoms with Crippen molar-refractivity contribution in [2.24, 2.45) is 7.05 Å². The average Bonchev–Trinajstić information content (AvgIpc) is 2.82. The molecule has 1 aromatic heterocycles. The van der Waals surface area contributed by atoms with Crippen LogP contribution in [0, 0.1) is 6.92 Å². The number of aromatic nitrogens is 2. The zero-order chi connectivity index (χ0) is 22.7. The Morgan fingerprint density at radius 2 is 1.53 bits per heavy atom. The predicted molar refractivity (Wildman–Crippen MR) is 129 cm³/mol. The number of benzene rings is 3. The topological polar surface area (TPSA) is 64.0 Å². The summed E-state index contributed by atoms with van der Waals surface area (Å²) in [5, 5.41) is 7.57. The van der Waals surface area contributed by atoms with Crippen molar-refractivity contribution >= 4 is 11.6 Å². The third kappa shape index (κ3) is 3.97. The van der Waals surface area contributed by atoms with Crippen LogP contribution in [0.15, 0.2) is 83.7 Å². The van der Waals surface area contributed by atoms with Gasteiger partial charge in [-0.15, -0.1) is 0 Å². The molecule has 0 aliphatic rings. The summed E-state index contributed by atoms with van der Waals surface area (Å²) in [6.07, 6.45) is 0.770. The van der Waals surface area contributed by atoms with Gasteiger partial charge < -0.3 is 5.32 Å². The van der Waals surface area contributed by atoms with Gasteiger partial charge in [-0.2, -0.15) is 5.10 Å². The highest BCUT2D eigenvalue weighted by Gasteiger charge is 2.25. The summed E-state index contributed by atoms with van der Waals surface area (Å²) in [5.74, 6) is -0.437. The summed E-state index contributed by atoms with van der Waals surface area (Å²) in [7, 11) is 1.57. The van der Waals surface area contributed by atoms with Crippen molar-refractivity contribution in [3.63, 3.8) is 0 Å². The van der Waals surface area contributed by atoms with Crippen molar-refractivity contribution in [2.45, 2.75) is 20.3 Å². The van der Waals surface area contributed by atoms with E-state index in [0.717, 1.165) is 34.4 Å². The summed E-state index contributed by atoms with van der Waals surface area (Å²) in [6, 6.07) is 25.0. The number of aryl methyl sites for hydroxylation is 3. The quantitative estimate of drug-likeness (QED) is 0.478. The number of rotatable bonds is 5. The summed E-state index contributed by atoms with van der Waals surface area (Å²) in [6.45, 7) is 3.99. The minimum absolute atomic E-state index is 0.0814. The van der Waals surface area contributed by atoms with E-state index in [1.165, 1.54) is 4.68 Å². The van der Waals surface area contributed by atoms with Crippen LogP contribution in [0.25, 0.3) is 22.4 Å². The molecule has 3 aromatic carbocycles. The molecule has 0 spiro atoms. The fourth-order valence-corrected chi connectivity index (χ4v) is 3.91. The van der Waals surface area contributed by atoms with Gasteiger partial charge in [0, 0.05) is 23.9 Å². The van der Waals surface area contributed by atoms with Crippen LogP contribution in [0.3, 0.4) is 0 Å². The van der Waals surface area contributed by atoms with Gasteiger partial charge in [0.1, 0.15) is 5.56 Å². The van der Waals surface area contributed by atoms with Gasteiger partial charge in [0.15, 0.2) is 0 Å². The lowest BCUT2D eigenvalue weighted by atomic mass is 9.95. The van der Waals surface area contributed by atoms with Gasteiger partial charge >= 0.3 is 0 Å². The van der Waals surface area contributed by atoms with Crippen LogP contribution in [0.4, 0.5) is 5.69 Å². The summed E-state index contributed by atoms with van der Waals surface area (Å²) >= 11 is 0. The largest absolute Gasteiger partial charge is 0.321 e. The van der Waals surface area contributed by atoms with Crippen LogP contribution in [0.2, 0.25) is 0 Å². The van der Waals surface area contributed by atoms with E-state index in [1.807, 2.05) is 92.7 Å². The molecule has 0 bridgehead atoms. The number of hydrogen-bond donors (Lipinski definition) is 1. The summed E-state index contributed by atoms with van der Waals surface area (Å²) in [5.41, 5.74) is 5.09. The van der Waals surface area contributed by atoms with E-state index in [0.29, 0.717) is 11.3 Å². The van der Waals surface area contributed by atoms with Crippen molar-refractivity contribution in [3.05, 3.63) is 106 Å². The van der Waals surface area contributed by atoms with Crippen LogP contribution in [0.5, 0.6) is 0 Å². The van der Waals surface area contributed by atoms with Crippen LogP contribution in [0.1, 0.15) is 28.4 Å². The van der Waals surface area contributed by atoms with Gasteiger partial charge in [-0.1, -0.05) is 85.8 Å². The predicted octanol–water partition coefficient (Wildman–Crippen LogP) is 5.24. The lowest BCUT2D eigenvalue weighted by molar-refractivity contribution is 0.102. The Hall–Kier alpha value is -3.99. The molecule has 4 aromatic rings. The number of carbonyl (C=O) groups is 1. The van der Waals surface area contributed by atoms with E-state index in [4.69, 9.17) is 0 Å². The Morgan fingerprint density at radius 1 is 0.906 bits per heavy atom. The molecule has 5 nitrogen and oxygen atoms in total. The van der Waals surface area contributed by atoms with E-state index in [9.17, 15) is 9.59 Å². The molecule has 0 unspecified atom stereocenters. The first-order chi connectivity index (χ1) is 15.5. The van der Waals surface area contributed by atoms with Gasteiger partial charge in [-0.25, -0.2) is 4.68 Å². The molecule has 0 saturated carbocycles. The third-order valence-electron chi connectivity index (χ3n) is 5.56.